The minimum atomic E-state index is -0.0218. The zero-order chi connectivity index (χ0) is 18.8. The van der Waals surface area contributed by atoms with Crippen LogP contribution in [0.2, 0.25) is 0 Å². The second kappa shape index (κ2) is 8.13. The van der Waals surface area contributed by atoms with Gasteiger partial charge in [0.15, 0.2) is 5.16 Å². The van der Waals surface area contributed by atoms with E-state index in [0.717, 1.165) is 34.7 Å². The number of hydrogen-bond acceptors (Lipinski definition) is 5. The average molecular weight is 394 g/mol. The molecule has 0 atom stereocenters. The number of amides is 1. The van der Waals surface area contributed by atoms with Gasteiger partial charge in [0.05, 0.1) is 11.1 Å². The predicted octanol–water partition coefficient (Wildman–Crippen LogP) is 3.89. The van der Waals surface area contributed by atoms with Gasteiger partial charge >= 0.3 is 0 Å². The van der Waals surface area contributed by atoms with E-state index in [-0.39, 0.29) is 11.5 Å². The number of carbonyl (C=O) groups is 1. The molecule has 1 saturated carbocycles. The van der Waals surface area contributed by atoms with E-state index in [1.807, 2.05) is 18.7 Å². The predicted molar refractivity (Wildman–Crippen MR) is 109 cm³/mol. The zero-order valence-electron chi connectivity index (χ0n) is 16.0. The van der Waals surface area contributed by atoms with E-state index in [1.165, 1.54) is 31.0 Å². The van der Waals surface area contributed by atoms with Gasteiger partial charge in [-0.15, -0.1) is 11.3 Å². The minimum Gasteiger partial charge on any atom is -0.339 e. The number of fused-ring (bicyclic) bond motifs is 1. The Kier molecular flexibility index (Phi) is 6.07. The standard InChI is InChI=1S/C19H27N3O2S2/c1-5-22(14-9-7-6-8-10-14)15(23)11-25-19-20-17-16(18(24)21(19)4)12(2)13(3)26-17/h14H,5-11H2,1-4H3. The first kappa shape index (κ1) is 19.4. The molecule has 0 spiro atoms. The number of carbonyl (C=O) groups excluding carboxylic acids is 1. The van der Waals surface area contributed by atoms with E-state index >= 15 is 0 Å². The van der Waals surface area contributed by atoms with E-state index in [0.29, 0.717) is 22.3 Å². The number of aryl methyl sites for hydroxylation is 2. The quantitative estimate of drug-likeness (QED) is 0.571. The number of thiophene rings is 1. The van der Waals surface area contributed by atoms with Gasteiger partial charge in [-0.1, -0.05) is 31.0 Å². The van der Waals surface area contributed by atoms with Crippen LogP contribution in [0.4, 0.5) is 0 Å². The van der Waals surface area contributed by atoms with Crippen molar-refractivity contribution in [2.24, 2.45) is 7.05 Å². The van der Waals surface area contributed by atoms with Crippen LogP contribution in [0.1, 0.15) is 49.5 Å². The summed E-state index contributed by atoms with van der Waals surface area (Å²) in [6.07, 6.45) is 5.93. The number of aromatic nitrogens is 2. The van der Waals surface area contributed by atoms with E-state index in [1.54, 1.807) is 23.0 Å². The van der Waals surface area contributed by atoms with Crippen molar-refractivity contribution in [2.45, 2.75) is 64.1 Å². The van der Waals surface area contributed by atoms with Gasteiger partial charge in [0, 0.05) is 24.5 Å². The molecule has 0 aromatic carbocycles. The molecule has 1 fully saturated rings. The lowest BCUT2D eigenvalue weighted by molar-refractivity contribution is -0.131. The van der Waals surface area contributed by atoms with Crippen molar-refractivity contribution >= 4 is 39.2 Å². The second-order valence-corrected chi connectivity index (χ2v) is 9.13. The SMILES string of the molecule is CCN(C(=O)CSc1nc2sc(C)c(C)c2c(=O)n1C)C1CCCCC1. The molecule has 0 unspecified atom stereocenters. The zero-order valence-corrected chi connectivity index (χ0v) is 17.6. The molecule has 1 aliphatic rings. The molecule has 2 aromatic heterocycles. The van der Waals surface area contributed by atoms with E-state index in [2.05, 4.69) is 11.9 Å². The number of hydrogen-bond donors (Lipinski definition) is 0. The summed E-state index contributed by atoms with van der Waals surface area (Å²) in [5, 5.41) is 1.33. The summed E-state index contributed by atoms with van der Waals surface area (Å²) in [5.41, 5.74) is 0.992. The fraction of sp³-hybridized carbons (Fsp3) is 0.632. The van der Waals surface area contributed by atoms with Crippen molar-refractivity contribution in [1.82, 2.24) is 14.5 Å². The maximum Gasteiger partial charge on any atom is 0.262 e. The maximum absolute atomic E-state index is 12.8. The molecule has 5 nitrogen and oxygen atoms in total. The molecule has 142 valence electrons. The normalized spacial score (nSPS) is 15.5. The molecule has 2 aromatic rings. The topological polar surface area (TPSA) is 55.2 Å². The molecule has 26 heavy (non-hydrogen) atoms. The van der Waals surface area contributed by atoms with E-state index < -0.39 is 0 Å². The monoisotopic (exact) mass is 393 g/mol. The summed E-state index contributed by atoms with van der Waals surface area (Å²) in [6.45, 7) is 6.78. The third-order valence-electron chi connectivity index (χ3n) is 5.37. The van der Waals surface area contributed by atoms with Gasteiger partial charge in [-0.25, -0.2) is 4.98 Å². The van der Waals surface area contributed by atoms with Crippen LogP contribution >= 0.6 is 23.1 Å². The molecule has 1 aliphatic carbocycles. The minimum absolute atomic E-state index is 0.0218. The smallest absolute Gasteiger partial charge is 0.262 e. The largest absolute Gasteiger partial charge is 0.339 e. The molecular formula is C19H27N3O2S2. The van der Waals surface area contributed by atoms with Crippen LogP contribution in [-0.2, 0) is 11.8 Å². The average Bonchev–Trinajstić information content (AvgIpc) is 2.92. The number of rotatable bonds is 5. The van der Waals surface area contributed by atoms with Gasteiger partial charge in [-0.3, -0.25) is 14.2 Å². The van der Waals surface area contributed by atoms with Crippen molar-refractivity contribution in [1.29, 1.82) is 0 Å². The van der Waals surface area contributed by atoms with Gasteiger partial charge in [0.1, 0.15) is 4.83 Å². The molecular weight excluding hydrogens is 366 g/mol. The molecule has 0 N–H and O–H groups in total. The summed E-state index contributed by atoms with van der Waals surface area (Å²) >= 11 is 2.92. The first-order valence-corrected chi connectivity index (χ1v) is 11.1. The van der Waals surface area contributed by atoms with Crippen molar-refractivity contribution < 1.29 is 4.79 Å². The van der Waals surface area contributed by atoms with Gasteiger partial charge < -0.3 is 4.90 Å². The van der Waals surface area contributed by atoms with E-state index in [4.69, 9.17) is 0 Å². The Hall–Kier alpha value is -1.34. The highest BCUT2D eigenvalue weighted by atomic mass is 32.2. The maximum atomic E-state index is 12.8. The summed E-state index contributed by atoms with van der Waals surface area (Å²) < 4.78 is 1.58. The van der Waals surface area contributed by atoms with Crippen molar-refractivity contribution in [3.05, 3.63) is 20.8 Å². The summed E-state index contributed by atoms with van der Waals surface area (Å²) in [7, 11) is 1.74. The summed E-state index contributed by atoms with van der Waals surface area (Å²) in [6, 6.07) is 0.378. The lowest BCUT2D eigenvalue weighted by atomic mass is 9.94. The Morgan fingerprint density at radius 1 is 1.31 bits per heavy atom. The Morgan fingerprint density at radius 3 is 2.65 bits per heavy atom. The molecule has 0 bridgehead atoms. The molecule has 7 heteroatoms. The van der Waals surface area contributed by atoms with Crippen LogP contribution in [0.5, 0.6) is 0 Å². The summed E-state index contributed by atoms with van der Waals surface area (Å²) in [5.74, 6) is 0.483. The Balaban J connectivity index is 1.77. The molecule has 1 amide bonds. The lowest BCUT2D eigenvalue weighted by Crippen LogP contribution is -2.42. The van der Waals surface area contributed by atoms with Gasteiger partial charge in [0.2, 0.25) is 5.91 Å². The molecule has 0 radical (unpaired) electrons. The molecule has 0 aliphatic heterocycles. The van der Waals surface area contributed by atoms with Gasteiger partial charge in [-0.2, -0.15) is 0 Å². The first-order valence-electron chi connectivity index (χ1n) is 9.33. The molecule has 3 rings (SSSR count). The summed E-state index contributed by atoms with van der Waals surface area (Å²) in [4.78, 5) is 34.0. The van der Waals surface area contributed by atoms with Crippen LogP contribution in [0.25, 0.3) is 10.2 Å². The third-order valence-corrected chi connectivity index (χ3v) is 7.49. The van der Waals surface area contributed by atoms with Crippen LogP contribution in [0.15, 0.2) is 9.95 Å². The third kappa shape index (κ3) is 3.69. The Bertz CT molecular complexity index is 866. The Morgan fingerprint density at radius 2 is 2.00 bits per heavy atom. The van der Waals surface area contributed by atoms with Crippen molar-refractivity contribution in [2.75, 3.05) is 12.3 Å². The van der Waals surface area contributed by atoms with Crippen LogP contribution in [0.3, 0.4) is 0 Å². The van der Waals surface area contributed by atoms with Crippen LogP contribution in [-0.4, -0.2) is 38.7 Å². The molecule has 2 heterocycles. The fourth-order valence-corrected chi connectivity index (χ4v) is 5.65. The Labute approximate surface area is 162 Å². The highest BCUT2D eigenvalue weighted by Crippen LogP contribution is 2.28. The van der Waals surface area contributed by atoms with Crippen LogP contribution < -0.4 is 5.56 Å². The second-order valence-electron chi connectivity index (χ2n) is 6.98. The first-order chi connectivity index (χ1) is 12.4. The highest BCUT2D eigenvalue weighted by Gasteiger charge is 2.24. The van der Waals surface area contributed by atoms with Crippen molar-refractivity contribution in [3.63, 3.8) is 0 Å². The lowest BCUT2D eigenvalue weighted by Gasteiger charge is -2.33. The highest BCUT2D eigenvalue weighted by molar-refractivity contribution is 7.99. The van der Waals surface area contributed by atoms with Crippen LogP contribution in [0, 0.1) is 13.8 Å². The van der Waals surface area contributed by atoms with Gasteiger partial charge in [-0.05, 0) is 39.2 Å². The molecule has 0 saturated heterocycles. The van der Waals surface area contributed by atoms with Gasteiger partial charge in [0.25, 0.3) is 5.56 Å². The number of thioether (sulfide) groups is 1. The number of nitrogens with zero attached hydrogens (tertiary/aromatic N) is 3. The van der Waals surface area contributed by atoms with E-state index in [9.17, 15) is 9.59 Å². The van der Waals surface area contributed by atoms with Crippen molar-refractivity contribution in [3.8, 4) is 0 Å². The fourth-order valence-electron chi connectivity index (χ4n) is 3.73.